The average molecular weight is 545 g/mol. The van der Waals surface area contributed by atoms with Crippen molar-refractivity contribution in [1.29, 1.82) is 0 Å². The number of halogens is 2. The van der Waals surface area contributed by atoms with Crippen LogP contribution >= 0.6 is 35.0 Å². The van der Waals surface area contributed by atoms with E-state index in [-0.39, 0.29) is 23.7 Å². The number of benzene rings is 3. The Morgan fingerprint density at radius 3 is 2.44 bits per heavy atom. The third kappa shape index (κ3) is 5.48. The molecule has 11 heteroatoms. The van der Waals surface area contributed by atoms with Crippen LogP contribution in [0.5, 0.6) is 11.5 Å². The number of imide groups is 1. The molecule has 1 saturated heterocycles. The summed E-state index contributed by atoms with van der Waals surface area (Å²) in [6.45, 7) is -0.112. The Hall–Kier alpha value is -3.53. The molecule has 36 heavy (non-hydrogen) atoms. The highest BCUT2D eigenvalue weighted by atomic mass is 35.5. The monoisotopic (exact) mass is 544 g/mol. The van der Waals surface area contributed by atoms with Crippen LogP contribution in [0.25, 0.3) is 6.08 Å². The number of nitro benzene ring substituents is 1. The summed E-state index contributed by atoms with van der Waals surface area (Å²) in [5, 5.41) is 11.6. The fourth-order valence-corrected chi connectivity index (χ4v) is 4.85. The number of para-hydroxylation sites is 1. The first kappa shape index (κ1) is 25.6. The summed E-state index contributed by atoms with van der Waals surface area (Å²) in [6, 6.07) is 16.2. The number of nitrogens with zero attached hydrogens (tertiary/aromatic N) is 2. The second-order valence-corrected chi connectivity index (χ2v) is 9.36. The predicted molar refractivity (Wildman–Crippen MR) is 138 cm³/mol. The second-order valence-electron chi connectivity index (χ2n) is 7.55. The van der Waals surface area contributed by atoms with Crippen LogP contribution in [0, 0.1) is 10.1 Å². The Balaban J connectivity index is 1.56. The number of amides is 2. The summed E-state index contributed by atoms with van der Waals surface area (Å²) in [5.74, 6) is 0.262. The van der Waals surface area contributed by atoms with Gasteiger partial charge in [-0.1, -0.05) is 47.5 Å². The van der Waals surface area contributed by atoms with Crippen molar-refractivity contribution in [3.63, 3.8) is 0 Å². The minimum absolute atomic E-state index is 0.0483. The molecule has 0 aromatic heterocycles. The van der Waals surface area contributed by atoms with E-state index >= 15 is 0 Å². The number of carbonyl (C=O) groups is 2. The maximum absolute atomic E-state index is 13.0. The number of carbonyl (C=O) groups excluding carboxylic acids is 2. The quantitative estimate of drug-likeness (QED) is 0.176. The molecule has 0 radical (unpaired) electrons. The van der Waals surface area contributed by atoms with Gasteiger partial charge in [-0.15, -0.1) is 0 Å². The molecule has 184 valence electrons. The van der Waals surface area contributed by atoms with E-state index in [2.05, 4.69) is 0 Å². The lowest BCUT2D eigenvalue weighted by molar-refractivity contribution is -0.385. The Morgan fingerprint density at radius 2 is 1.75 bits per heavy atom. The lowest BCUT2D eigenvalue weighted by Crippen LogP contribution is -2.27. The molecular weight excluding hydrogens is 527 g/mol. The fourth-order valence-electron chi connectivity index (χ4n) is 3.49. The number of hydrogen-bond donors (Lipinski definition) is 0. The van der Waals surface area contributed by atoms with Crippen molar-refractivity contribution in [1.82, 2.24) is 4.90 Å². The van der Waals surface area contributed by atoms with Crippen LogP contribution in [0.15, 0.2) is 65.6 Å². The Morgan fingerprint density at radius 1 is 1.03 bits per heavy atom. The zero-order valence-corrected chi connectivity index (χ0v) is 21.1. The summed E-state index contributed by atoms with van der Waals surface area (Å²) >= 11 is 13.2. The average Bonchev–Trinajstić information content (AvgIpc) is 3.12. The van der Waals surface area contributed by atoms with Crippen LogP contribution < -0.4 is 9.47 Å². The van der Waals surface area contributed by atoms with Crippen LogP contribution in [0.3, 0.4) is 0 Å². The molecule has 3 aromatic rings. The van der Waals surface area contributed by atoms with Crippen molar-refractivity contribution in [3.8, 4) is 11.5 Å². The first-order chi connectivity index (χ1) is 17.3. The summed E-state index contributed by atoms with van der Waals surface area (Å²) in [4.78, 5) is 37.7. The number of ether oxygens (including phenoxy) is 2. The third-order valence-electron chi connectivity index (χ3n) is 5.31. The third-order valence-corrected chi connectivity index (χ3v) is 6.92. The minimum Gasteiger partial charge on any atom is -0.493 e. The van der Waals surface area contributed by atoms with Gasteiger partial charge in [0.2, 0.25) is 0 Å². The van der Waals surface area contributed by atoms with E-state index in [1.807, 2.05) is 0 Å². The molecule has 0 N–H and O–H groups in total. The lowest BCUT2D eigenvalue weighted by Gasteiger charge is -2.14. The molecule has 1 aliphatic rings. The first-order valence-corrected chi connectivity index (χ1v) is 12.1. The maximum Gasteiger partial charge on any atom is 0.293 e. The van der Waals surface area contributed by atoms with Gasteiger partial charge in [0.05, 0.1) is 29.0 Å². The van der Waals surface area contributed by atoms with Gasteiger partial charge >= 0.3 is 0 Å². The molecule has 0 unspecified atom stereocenters. The molecule has 4 rings (SSSR count). The highest BCUT2D eigenvalue weighted by molar-refractivity contribution is 8.18. The normalized spacial score (nSPS) is 14.4. The van der Waals surface area contributed by atoms with Gasteiger partial charge in [0.1, 0.15) is 6.61 Å². The van der Waals surface area contributed by atoms with Crippen LogP contribution in [-0.2, 0) is 17.9 Å². The van der Waals surface area contributed by atoms with Crippen LogP contribution in [0.2, 0.25) is 10.0 Å². The molecule has 0 bridgehead atoms. The number of thioether (sulfide) groups is 1. The molecule has 1 heterocycles. The van der Waals surface area contributed by atoms with E-state index in [4.69, 9.17) is 32.7 Å². The molecule has 3 aromatic carbocycles. The number of hydrogen-bond acceptors (Lipinski definition) is 7. The second kappa shape index (κ2) is 11.0. The van der Waals surface area contributed by atoms with Crippen molar-refractivity contribution in [3.05, 3.63) is 102 Å². The van der Waals surface area contributed by atoms with E-state index in [9.17, 15) is 19.7 Å². The van der Waals surface area contributed by atoms with Gasteiger partial charge in [0, 0.05) is 21.7 Å². The van der Waals surface area contributed by atoms with Crippen molar-refractivity contribution >= 4 is 57.9 Å². The SMILES string of the molecule is COc1ccc(/C=C2\SC(=O)N(Cc3c(Cl)cccc3Cl)C2=O)cc1OCc1ccccc1[N+](=O)[O-]. The summed E-state index contributed by atoms with van der Waals surface area (Å²) in [6.07, 6.45) is 1.57. The van der Waals surface area contributed by atoms with E-state index < -0.39 is 16.1 Å². The molecule has 2 amide bonds. The van der Waals surface area contributed by atoms with Gasteiger partial charge in [-0.05, 0) is 53.7 Å². The maximum atomic E-state index is 13.0. The van der Waals surface area contributed by atoms with Crippen molar-refractivity contribution in [2.45, 2.75) is 13.2 Å². The smallest absolute Gasteiger partial charge is 0.293 e. The zero-order chi connectivity index (χ0) is 25.8. The number of nitro groups is 1. The molecule has 8 nitrogen and oxygen atoms in total. The molecular formula is C25H18Cl2N2O6S. The van der Waals surface area contributed by atoms with Gasteiger partial charge in [-0.3, -0.25) is 24.6 Å². The summed E-state index contributed by atoms with van der Waals surface area (Å²) < 4.78 is 11.2. The van der Waals surface area contributed by atoms with E-state index in [0.717, 1.165) is 16.7 Å². The molecule has 0 aliphatic carbocycles. The summed E-state index contributed by atoms with van der Waals surface area (Å²) in [7, 11) is 1.47. The van der Waals surface area contributed by atoms with Gasteiger partial charge < -0.3 is 9.47 Å². The number of methoxy groups -OCH3 is 1. The molecule has 0 spiro atoms. The molecule has 0 atom stereocenters. The summed E-state index contributed by atoms with van der Waals surface area (Å²) in [5.41, 5.74) is 1.41. The van der Waals surface area contributed by atoms with Crippen LogP contribution in [0.1, 0.15) is 16.7 Å². The van der Waals surface area contributed by atoms with Gasteiger partial charge in [-0.2, -0.15) is 0 Å². The highest BCUT2D eigenvalue weighted by Gasteiger charge is 2.35. The first-order valence-electron chi connectivity index (χ1n) is 10.5. The highest BCUT2D eigenvalue weighted by Crippen LogP contribution is 2.37. The van der Waals surface area contributed by atoms with Crippen molar-refractivity contribution in [2.75, 3.05) is 7.11 Å². The van der Waals surface area contributed by atoms with Crippen LogP contribution in [0.4, 0.5) is 10.5 Å². The van der Waals surface area contributed by atoms with E-state index in [0.29, 0.717) is 38.2 Å². The fraction of sp³-hybridized carbons (Fsp3) is 0.120. The molecule has 0 saturated carbocycles. The Kier molecular flexibility index (Phi) is 7.83. The van der Waals surface area contributed by atoms with Gasteiger partial charge in [0.25, 0.3) is 16.8 Å². The predicted octanol–water partition coefficient (Wildman–Crippen LogP) is 6.73. The number of rotatable bonds is 8. The van der Waals surface area contributed by atoms with E-state index in [1.165, 1.54) is 13.2 Å². The minimum atomic E-state index is -0.474. The van der Waals surface area contributed by atoms with E-state index in [1.54, 1.807) is 60.7 Å². The van der Waals surface area contributed by atoms with Gasteiger partial charge in [0.15, 0.2) is 11.5 Å². The van der Waals surface area contributed by atoms with Crippen molar-refractivity contribution in [2.24, 2.45) is 0 Å². The lowest BCUT2D eigenvalue weighted by atomic mass is 10.1. The van der Waals surface area contributed by atoms with Gasteiger partial charge in [-0.25, -0.2) is 0 Å². The van der Waals surface area contributed by atoms with Crippen molar-refractivity contribution < 1.29 is 24.0 Å². The molecule has 1 fully saturated rings. The Labute approximate surface area is 220 Å². The standard InChI is InChI=1S/C25H18Cl2N2O6S/c1-34-21-10-9-15(11-22(21)35-14-16-5-2-3-8-20(16)29(32)33)12-23-24(30)28(25(31)36-23)13-17-18(26)6-4-7-19(17)27/h2-12H,13-14H2,1H3/b23-12-. The zero-order valence-electron chi connectivity index (χ0n) is 18.8. The molecule has 1 aliphatic heterocycles. The topological polar surface area (TPSA) is 99.0 Å². The Bertz CT molecular complexity index is 1370. The van der Waals surface area contributed by atoms with Crippen LogP contribution in [-0.4, -0.2) is 28.1 Å². The largest absolute Gasteiger partial charge is 0.493 e.